The fourth-order valence-corrected chi connectivity index (χ4v) is 5.77. The molecule has 1 N–H and O–H groups in total. The van der Waals surface area contributed by atoms with Gasteiger partial charge in [0.1, 0.15) is 5.75 Å². The summed E-state index contributed by atoms with van der Waals surface area (Å²) in [6.07, 6.45) is 11.3. The number of benzene rings is 1. The molecule has 1 aromatic carbocycles. The molecule has 29 heavy (non-hydrogen) atoms. The van der Waals surface area contributed by atoms with Gasteiger partial charge in [-0.15, -0.1) is 0 Å². The van der Waals surface area contributed by atoms with Crippen molar-refractivity contribution < 1.29 is 9.47 Å². The molecule has 2 fully saturated rings. The first-order valence-electron chi connectivity index (χ1n) is 11.3. The molecule has 4 nitrogen and oxygen atoms in total. The SMILES string of the molecule is c1ccc(C2(CCNCc3cccc4c3OCC4)CCOC3(CCCC3)C2)nc1. The van der Waals surface area contributed by atoms with Crippen LogP contribution in [0.2, 0.25) is 0 Å². The molecule has 4 heteroatoms. The summed E-state index contributed by atoms with van der Waals surface area (Å²) in [5, 5.41) is 3.70. The van der Waals surface area contributed by atoms with E-state index in [0.29, 0.717) is 0 Å². The highest BCUT2D eigenvalue weighted by Crippen LogP contribution is 2.49. The Labute approximate surface area is 174 Å². The van der Waals surface area contributed by atoms with Crippen LogP contribution in [0.3, 0.4) is 0 Å². The van der Waals surface area contributed by atoms with Crippen LogP contribution < -0.4 is 10.1 Å². The number of nitrogens with zero attached hydrogens (tertiary/aromatic N) is 1. The van der Waals surface area contributed by atoms with Gasteiger partial charge in [-0.1, -0.05) is 37.1 Å². The third kappa shape index (κ3) is 3.80. The molecule has 1 spiro atoms. The second-order valence-electron chi connectivity index (χ2n) is 9.09. The molecule has 1 aliphatic carbocycles. The molecule has 1 saturated carbocycles. The Morgan fingerprint density at radius 2 is 1.93 bits per heavy atom. The van der Waals surface area contributed by atoms with Crippen molar-refractivity contribution in [1.82, 2.24) is 10.3 Å². The van der Waals surface area contributed by atoms with Crippen LogP contribution >= 0.6 is 0 Å². The first kappa shape index (κ1) is 19.1. The van der Waals surface area contributed by atoms with E-state index < -0.39 is 0 Å². The number of para-hydroxylation sites is 1. The number of hydrogen-bond acceptors (Lipinski definition) is 4. The average molecular weight is 393 g/mol. The molecule has 2 aromatic rings. The highest BCUT2D eigenvalue weighted by molar-refractivity contribution is 5.43. The van der Waals surface area contributed by atoms with Crippen LogP contribution in [0, 0.1) is 0 Å². The molecule has 5 rings (SSSR count). The molecule has 1 saturated heterocycles. The molecule has 3 heterocycles. The largest absolute Gasteiger partial charge is 0.493 e. The van der Waals surface area contributed by atoms with Crippen LogP contribution in [0.1, 0.15) is 61.8 Å². The number of ether oxygens (including phenoxy) is 2. The molecule has 1 atom stereocenters. The van der Waals surface area contributed by atoms with E-state index in [9.17, 15) is 0 Å². The maximum atomic E-state index is 6.36. The molecular weight excluding hydrogens is 360 g/mol. The van der Waals surface area contributed by atoms with Gasteiger partial charge in [0, 0.05) is 42.4 Å². The molecule has 3 aliphatic rings. The van der Waals surface area contributed by atoms with E-state index in [-0.39, 0.29) is 11.0 Å². The Morgan fingerprint density at radius 1 is 1.00 bits per heavy atom. The smallest absolute Gasteiger partial charge is 0.127 e. The molecular formula is C25H32N2O2. The lowest BCUT2D eigenvalue weighted by atomic mass is 9.68. The van der Waals surface area contributed by atoms with Gasteiger partial charge in [-0.3, -0.25) is 4.98 Å². The topological polar surface area (TPSA) is 43.4 Å². The Morgan fingerprint density at radius 3 is 2.79 bits per heavy atom. The minimum atomic E-state index is 0.0872. The summed E-state index contributed by atoms with van der Waals surface area (Å²) >= 11 is 0. The second-order valence-corrected chi connectivity index (χ2v) is 9.09. The van der Waals surface area contributed by atoms with E-state index in [0.717, 1.165) is 57.7 Å². The Bertz CT molecular complexity index is 832. The van der Waals surface area contributed by atoms with Gasteiger partial charge in [-0.25, -0.2) is 0 Å². The third-order valence-corrected chi connectivity index (χ3v) is 7.26. The fourth-order valence-electron chi connectivity index (χ4n) is 5.77. The van der Waals surface area contributed by atoms with E-state index in [4.69, 9.17) is 14.5 Å². The van der Waals surface area contributed by atoms with Gasteiger partial charge in [0.15, 0.2) is 0 Å². The van der Waals surface area contributed by atoms with Crippen molar-refractivity contribution in [3.8, 4) is 5.75 Å². The van der Waals surface area contributed by atoms with E-state index in [1.165, 1.54) is 42.5 Å². The molecule has 0 bridgehead atoms. The predicted octanol–water partition coefficient (Wildman–Crippen LogP) is 4.56. The molecule has 0 amide bonds. The quantitative estimate of drug-likeness (QED) is 0.732. The van der Waals surface area contributed by atoms with E-state index in [1.807, 2.05) is 12.3 Å². The summed E-state index contributed by atoms with van der Waals surface area (Å²) in [6.45, 7) is 3.52. The average Bonchev–Trinajstić information content (AvgIpc) is 3.42. The fraction of sp³-hybridized carbons (Fsp3) is 0.560. The monoisotopic (exact) mass is 392 g/mol. The van der Waals surface area contributed by atoms with Crippen molar-refractivity contribution in [2.45, 2.75) is 68.9 Å². The van der Waals surface area contributed by atoms with Crippen molar-refractivity contribution >= 4 is 0 Å². The number of rotatable bonds is 6. The molecule has 154 valence electrons. The normalized spacial score (nSPS) is 25.1. The van der Waals surface area contributed by atoms with Crippen molar-refractivity contribution in [2.75, 3.05) is 19.8 Å². The van der Waals surface area contributed by atoms with E-state index >= 15 is 0 Å². The van der Waals surface area contributed by atoms with Gasteiger partial charge in [0.25, 0.3) is 0 Å². The zero-order valence-corrected chi connectivity index (χ0v) is 17.3. The number of pyridine rings is 1. The highest BCUT2D eigenvalue weighted by atomic mass is 16.5. The van der Waals surface area contributed by atoms with Crippen LogP contribution in [-0.4, -0.2) is 30.3 Å². The summed E-state index contributed by atoms with van der Waals surface area (Å²) in [6, 6.07) is 12.9. The minimum absolute atomic E-state index is 0.0872. The van der Waals surface area contributed by atoms with Gasteiger partial charge >= 0.3 is 0 Å². The second kappa shape index (κ2) is 8.08. The Kier molecular flexibility index (Phi) is 5.31. The predicted molar refractivity (Wildman–Crippen MR) is 114 cm³/mol. The number of nitrogens with one attached hydrogen (secondary N) is 1. The first-order chi connectivity index (χ1) is 14.3. The molecule has 2 aliphatic heterocycles. The van der Waals surface area contributed by atoms with Crippen molar-refractivity contribution in [3.63, 3.8) is 0 Å². The maximum absolute atomic E-state index is 6.36. The number of hydrogen-bond donors (Lipinski definition) is 1. The Balaban J connectivity index is 1.29. The van der Waals surface area contributed by atoms with Crippen LogP contribution in [0.4, 0.5) is 0 Å². The van der Waals surface area contributed by atoms with Gasteiger partial charge in [-0.05, 0) is 56.3 Å². The summed E-state index contributed by atoms with van der Waals surface area (Å²) in [7, 11) is 0. The number of aromatic nitrogens is 1. The van der Waals surface area contributed by atoms with Crippen LogP contribution in [0.25, 0.3) is 0 Å². The van der Waals surface area contributed by atoms with Crippen molar-refractivity contribution in [2.24, 2.45) is 0 Å². The number of fused-ring (bicyclic) bond motifs is 1. The lowest BCUT2D eigenvalue weighted by Gasteiger charge is -2.46. The standard InChI is InChI=1S/C25H32N2O2/c1-4-14-27-22(8-1)24(13-17-29-25(19-24)10-2-3-11-25)12-15-26-18-21-7-5-6-20-9-16-28-23(20)21/h1,4-8,14,26H,2-3,9-13,15-19H2. The summed E-state index contributed by atoms with van der Waals surface area (Å²) in [5.41, 5.74) is 4.09. The summed E-state index contributed by atoms with van der Waals surface area (Å²) < 4.78 is 12.2. The van der Waals surface area contributed by atoms with Crippen molar-refractivity contribution in [3.05, 3.63) is 59.4 Å². The molecule has 0 radical (unpaired) electrons. The van der Waals surface area contributed by atoms with Gasteiger partial charge in [0.2, 0.25) is 0 Å². The minimum Gasteiger partial charge on any atom is -0.493 e. The lowest BCUT2D eigenvalue weighted by Crippen LogP contribution is -2.47. The summed E-state index contributed by atoms with van der Waals surface area (Å²) in [4.78, 5) is 4.81. The zero-order chi connectivity index (χ0) is 19.6. The lowest BCUT2D eigenvalue weighted by molar-refractivity contribution is -0.104. The first-order valence-corrected chi connectivity index (χ1v) is 11.3. The van der Waals surface area contributed by atoms with Gasteiger partial charge in [-0.2, -0.15) is 0 Å². The van der Waals surface area contributed by atoms with E-state index in [2.05, 4.69) is 35.6 Å². The zero-order valence-electron chi connectivity index (χ0n) is 17.3. The van der Waals surface area contributed by atoms with Crippen LogP contribution in [0.15, 0.2) is 42.6 Å². The van der Waals surface area contributed by atoms with E-state index in [1.54, 1.807) is 0 Å². The van der Waals surface area contributed by atoms with Crippen LogP contribution in [-0.2, 0) is 23.1 Å². The summed E-state index contributed by atoms with van der Waals surface area (Å²) in [5.74, 6) is 1.11. The molecule has 1 aromatic heterocycles. The highest BCUT2D eigenvalue weighted by Gasteiger charge is 2.48. The van der Waals surface area contributed by atoms with Crippen LogP contribution in [0.5, 0.6) is 5.75 Å². The maximum Gasteiger partial charge on any atom is 0.127 e. The van der Waals surface area contributed by atoms with Gasteiger partial charge < -0.3 is 14.8 Å². The Hall–Kier alpha value is -1.91. The van der Waals surface area contributed by atoms with Gasteiger partial charge in [0.05, 0.1) is 12.2 Å². The third-order valence-electron chi connectivity index (χ3n) is 7.26. The van der Waals surface area contributed by atoms with Crippen molar-refractivity contribution in [1.29, 1.82) is 0 Å². The molecule has 1 unspecified atom stereocenters.